The number of amides is 1. The second-order valence-electron chi connectivity index (χ2n) is 6.43. The summed E-state index contributed by atoms with van der Waals surface area (Å²) in [6.45, 7) is 6.86. The summed E-state index contributed by atoms with van der Waals surface area (Å²) in [5, 5.41) is 4.27. The molecule has 1 amide bonds. The summed E-state index contributed by atoms with van der Waals surface area (Å²) < 4.78 is 1.80. The van der Waals surface area contributed by atoms with Crippen molar-refractivity contribution in [3.05, 3.63) is 47.8 Å². The lowest BCUT2D eigenvalue weighted by Crippen LogP contribution is -2.34. The second kappa shape index (κ2) is 8.85. The van der Waals surface area contributed by atoms with E-state index in [0.29, 0.717) is 18.0 Å². The first-order chi connectivity index (χ1) is 10.9. The summed E-state index contributed by atoms with van der Waals surface area (Å²) in [6.07, 6.45) is 4.58. The summed E-state index contributed by atoms with van der Waals surface area (Å²) >= 11 is 0. The smallest absolute Gasteiger partial charge is 0.253 e. The van der Waals surface area contributed by atoms with Gasteiger partial charge < -0.3 is 10.6 Å². The van der Waals surface area contributed by atoms with E-state index in [4.69, 9.17) is 5.73 Å². The molecule has 1 unspecified atom stereocenters. The molecule has 6 heteroatoms. The van der Waals surface area contributed by atoms with Crippen molar-refractivity contribution in [3.8, 4) is 5.69 Å². The minimum atomic E-state index is 0. The number of nitrogens with two attached hydrogens (primary N) is 1. The minimum absolute atomic E-state index is 0. The number of nitrogens with zero attached hydrogens (tertiary/aromatic N) is 3. The molecular formula is C18H27ClN4O. The van der Waals surface area contributed by atoms with Crippen LogP contribution in [-0.4, -0.2) is 40.2 Å². The highest BCUT2D eigenvalue weighted by molar-refractivity contribution is 5.94. The van der Waals surface area contributed by atoms with Crippen LogP contribution < -0.4 is 5.73 Å². The predicted molar refractivity (Wildman–Crippen MR) is 99.9 cm³/mol. The third kappa shape index (κ3) is 5.08. The number of carbonyl (C=O) groups is 1. The topological polar surface area (TPSA) is 64.2 Å². The van der Waals surface area contributed by atoms with Gasteiger partial charge in [0.25, 0.3) is 5.91 Å². The standard InChI is InChI=1S/C18H26N4O.ClH/c1-13(2)17(19)9-10-21(4)18(23)15-5-7-16(8-6-15)22-12-14(3)11-20-22;/h5-8,11-13,17H,9-10,19H2,1-4H3;1H. The molecule has 1 heterocycles. The highest BCUT2D eigenvalue weighted by Gasteiger charge is 2.14. The van der Waals surface area contributed by atoms with Crippen LogP contribution in [0.15, 0.2) is 36.7 Å². The lowest BCUT2D eigenvalue weighted by atomic mass is 10.0. The maximum absolute atomic E-state index is 12.4. The molecule has 0 aliphatic rings. The SMILES string of the molecule is Cc1cnn(-c2ccc(C(=O)N(C)CCC(N)C(C)C)cc2)c1.Cl. The van der Waals surface area contributed by atoms with Crippen molar-refractivity contribution < 1.29 is 4.79 Å². The number of rotatable bonds is 6. The van der Waals surface area contributed by atoms with Crippen LogP contribution >= 0.6 is 12.4 Å². The van der Waals surface area contributed by atoms with E-state index in [1.54, 1.807) is 9.58 Å². The monoisotopic (exact) mass is 350 g/mol. The van der Waals surface area contributed by atoms with Crippen molar-refractivity contribution in [2.75, 3.05) is 13.6 Å². The molecule has 0 saturated carbocycles. The zero-order valence-electron chi connectivity index (χ0n) is 14.8. The zero-order valence-corrected chi connectivity index (χ0v) is 15.6. The van der Waals surface area contributed by atoms with E-state index in [9.17, 15) is 4.79 Å². The molecule has 0 bridgehead atoms. The Hall–Kier alpha value is -1.85. The van der Waals surface area contributed by atoms with Gasteiger partial charge in [0.1, 0.15) is 0 Å². The molecule has 0 saturated heterocycles. The van der Waals surface area contributed by atoms with Crippen LogP contribution in [0.5, 0.6) is 0 Å². The molecule has 0 radical (unpaired) electrons. The molecule has 0 aliphatic carbocycles. The van der Waals surface area contributed by atoms with Gasteiger partial charge in [0, 0.05) is 31.4 Å². The Morgan fingerprint density at radius 1 is 1.29 bits per heavy atom. The van der Waals surface area contributed by atoms with Gasteiger partial charge in [-0.25, -0.2) is 4.68 Å². The Kier molecular flexibility index (Phi) is 7.45. The molecular weight excluding hydrogens is 324 g/mol. The van der Waals surface area contributed by atoms with Gasteiger partial charge in [-0.2, -0.15) is 5.10 Å². The molecule has 0 aliphatic heterocycles. The molecule has 132 valence electrons. The number of aryl methyl sites for hydroxylation is 1. The van der Waals surface area contributed by atoms with Crippen LogP contribution in [0.2, 0.25) is 0 Å². The number of aromatic nitrogens is 2. The van der Waals surface area contributed by atoms with E-state index in [2.05, 4.69) is 18.9 Å². The van der Waals surface area contributed by atoms with E-state index >= 15 is 0 Å². The quantitative estimate of drug-likeness (QED) is 0.870. The zero-order chi connectivity index (χ0) is 17.0. The van der Waals surface area contributed by atoms with Crippen LogP contribution in [0.3, 0.4) is 0 Å². The Morgan fingerprint density at radius 3 is 2.42 bits per heavy atom. The van der Waals surface area contributed by atoms with Crippen LogP contribution in [-0.2, 0) is 0 Å². The lowest BCUT2D eigenvalue weighted by Gasteiger charge is -2.21. The first kappa shape index (κ1) is 20.2. The van der Waals surface area contributed by atoms with Crippen molar-refractivity contribution in [2.24, 2.45) is 11.7 Å². The number of carbonyl (C=O) groups excluding carboxylic acids is 1. The Balaban J connectivity index is 0.00000288. The van der Waals surface area contributed by atoms with Gasteiger partial charge in [-0.1, -0.05) is 13.8 Å². The minimum Gasteiger partial charge on any atom is -0.342 e. The summed E-state index contributed by atoms with van der Waals surface area (Å²) in [5.74, 6) is 0.444. The molecule has 1 aromatic carbocycles. The average Bonchev–Trinajstić information content (AvgIpc) is 2.98. The largest absolute Gasteiger partial charge is 0.342 e. The molecule has 2 N–H and O–H groups in total. The third-order valence-corrected chi connectivity index (χ3v) is 4.09. The summed E-state index contributed by atoms with van der Waals surface area (Å²) in [4.78, 5) is 14.2. The van der Waals surface area contributed by atoms with Crippen LogP contribution in [0.4, 0.5) is 0 Å². The van der Waals surface area contributed by atoms with Gasteiger partial charge in [0.2, 0.25) is 0 Å². The number of hydrogen-bond donors (Lipinski definition) is 1. The third-order valence-electron chi connectivity index (χ3n) is 4.09. The molecule has 1 atom stereocenters. The normalized spacial score (nSPS) is 11.9. The first-order valence-electron chi connectivity index (χ1n) is 8.01. The van der Waals surface area contributed by atoms with Gasteiger partial charge in [-0.15, -0.1) is 12.4 Å². The van der Waals surface area contributed by atoms with Gasteiger partial charge in [-0.05, 0) is 49.1 Å². The molecule has 0 fully saturated rings. The maximum Gasteiger partial charge on any atom is 0.253 e. The highest BCUT2D eigenvalue weighted by Crippen LogP contribution is 2.12. The van der Waals surface area contributed by atoms with Crippen LogP contribution in [0, 0.1) is 12.8 Å². The van der Waals surface area contributed by atoms with Crippen LogP contribution in [0.25, 0.3) is 5.69 Å². The molecule has 0 spiro atoms. The van der Waals surface area contributed by atoms with Crippen molar-refractivity contribution in [3.63, 3.8) is 0 Å². The second-order valence-corrected chi connectivity index (χ2v) is 6.43. The molecule has 5 nitrogen and oxygen atoms in total. The predicted octanol–water partition coefficient (Wildman–Crippen LogP) is 3.05. The van der Waals surface area contributed by atoms with Crippen molar-refractivity contribution in [1.29, 1.82) is 0 Å². The van der Waals surface area contributed by atoms with E-state index in [1.807, 2.05) is 50.6 Å². The Labute approximate surface area is 150 Å². The lowest BCUT2D eigenvalue weighted by molar-refractivity contribution is 0.0789. The van der Waals surface area contributed by atoms with Gasteiger partial charge in [-0.3, -0.25) is 4.79 Å². The number of benzene rings is 1. The van der Waals surface area contributed by atoms with Crippen molar-refractivity contribution in [1.82, 2.24) is 14.7 Å². The van der Waals surface area contributed by atoms with E-state index in [1.165, 1.54) is 0 Å². The molecule has 24 heavy (non-hydrogen) atoms. The number of halogens is 1. The van der Waals surface area contributed by atoms with Gasteiger partial charge >= 0.3 is 0 Å². The summed E-state index contributed by atoms with van der Waals surface area (Å²) in [7, 11) is 1.82. The van der Waals surface area contributed by atoms with Gasteiger partial charge in [0.05, 0.1) is 11.9 Å². The highest BCUT2D eigenvalue weighted by atomic mass is 35.5. The Bertz CT molecular complexity index is 651. The van der Waals surface area contributed by atoms with E-state index in [-0.39, 0.29) is 24.4 Å². The van der Waals surface area contributed by atoms with Crippen LogP contribution in [0.1, 0.15) is 36.2 Å². The maximum atomic E-state index is 12.4. The first-order valence-corrected chi connectivity index (χ1v) is 8.01. The fraction of sp³-hybridized carbons (Fsp3) is 0.444. The molecule has 2 aromatic rings. The average molecular weight is 351 g/mol. The van der Waals surface area contributed by atoms with Gasteiger partial charge in [0.15, 0.2) is 0 Å². The molecule has 1 aromatic heterocycles. The fourth-order valence-corrected chi connectivity index (χ4v) is 2.31. The summed E-state index contributed by atoms with van der Waals surface area (Å²) in [5.41, 5.74) is 8.77. The van der Waals surface area contributed by atoms with E-state index in [0.717, 1.165) is 17.7 Å². The Morgan fingerprint density at radius 2 is 1.92 bits per heavy atom. The van der Waals surface area contributed by atoms with Crippen molar-refractivity contribution in [2.45, 2.75) is 33.2 Å². The molecule has 2 rings (SSSR count). The number of hydrogen-bond acceptors (Lipinski definition) is 3. The fourth-order valence-electron chi connectivity index (χ4n) is 2.31. The van der Waals surface area contributed by atoms with E-state index < -0.39 is 0 Å². The van der Waals surface area contributed by atoms with Crippen molar-refractivity contribution >= 4 is 18.3 Å². The summed E-state index contributed by atoms with van der Waals surface area (Å²) in [6, 6.07) is 7.62.